The molecule has 0 amide bonds. The van der Waals surface area contributed by atoms with Gasteiger partial charge in [0.15, 0.2) is 5.82 Å². The van der Waals surface area contributed by atoms with E-state index in [9.17, 15) is 0 Å². The van der Waals surface area contributed by atoms with Crippen LogP contribution in [0.5, 0.6) is 11.6 Å². The van der Waals surface area contributed by atoms with Crippen LogP contribution in [0.2, 0.25) is 0 Å². The van der Waals surface area contributed by atoms with E-state index in [-0.39, 0.29) is 5.41 Å². The number of aliphatic imine (C=N–C) groups is 1. The lowest BCUT2D eigenvalue weighted by Gasteiger charge is -2.13. The number of rotatable bonds is 6. The number of benzene rings is 1. The van der Waals surface area contributed by atoms with Crippen molar-refractivity contribution in [1.29, 1.82) is 0 Å². The Hall–Kier alpha value is -2.69. The molecule has 0 saturated heterocycles. The van der Waals surface area contributed by atoms with Gasteiger partial charge >= 0.3 is 0 Å². The molecule has 2 aromatic rings. The molecule has 1 aromatic carbocycles. The predicted octanol–water partition coefficient (Wildman–Crippen LogP) is 5.56. The molecule has 0 unspecified atom stereocenters. The minimum Gasteiger partial charge on any atom is -0.439 e. The molecule has 0 atom stereocenters. The van der Waals surface area contributed by atoms with Gasteiger partial charge in [0.2, 0.25) is 5.88 Å². The molecule has 5 heteroatoms. The van der Waals surface area contributed by atoms with Gasteiger partial charge in [0.1, 0.15) is 5.75 Å². The molecule has 0 bridgehead atoms. The van der Waals surface area contributed by atoms with Crippen molar-refractivity contribution in [2.75, 3.05) is 13.6 Å². The Morgan fingerprint density at radius 2 is 1.93 bits per heavy atom. The highest BCUT2D eigenvalue weighted by molar-refractivity contribution is 5.64. The van der Waals surface area contributed by atoms with E-state index in [0.29, 0.717) is 11.7 Å². The van der Waals surface area contributed by atoms with Crippen molar-refractivity contribution in [1.82, 2.24) is 14.9 Å². The number of ether oxygens (including phenoxy) is 1. The first-order chi connectivity index (χ1) is 12.7. The Morgan fingerprint density at radius 1 is 1.19 bits per heavy atom. The summed E-state index contributed by atoms with van der Waals surface area (Å²) in [4.78, 5) is 15.4. The van der Waals surface area contributed by atoms with Gasteiger partial charge < -0.3 is 9.64 Å². The van der Waals surface area contributed by atoms with Crippen molar-refractivity contribution < 1.29 is 4.74 Å². The van der Waals surface area contributed by atoms with Crippen LogP contribution in [-0.4, -0.2) is 34.8 Å². The zero-order chi connectivity index (χ0) is 20.0. The number of allylic oxidation sites excluding steroid dienone is 1. The quantitative estimate of drug-likeness (QED) is 0.496. The molecular weight excluding hydrogens is 336 g/mol. The van der Waals surface area contributed by atoms with Crippen LogP contribution in [0.15, 0.2) is 35.5 Å². The number of aromatic nitrogens is 2. The van der Waals surface area contributed by atoms with Gasteiger partial charge in [-0.05, 0) is 55.5 Å². The van der Waals surface area contributed by atoms with Crippen molar-refractivity contribution in [3.63, 3.8) is 0 Å². The molecule has 0 aliphatic carbocycles. The maximum Gasteiger partial charge on any atom is 0.222 e. The second kappa shape index (κ2) is 8.80. The first-order valence-corrected chi connectivity index (χ1v) is 9.24. The summed E-state index contributed by atoms with van der Waals surface area (Å²) in [5.74, 6) is 1.95. The molecule has 0 spiro atoms. The second-order valence-electron chi connectivity index (χ2n) is 7.78. The Kier molecular flexibility index (Phi) is 6.72. The van der Waals surface area contributed by atoms with Crippen molar-refractivity contribution >= 4 is 18.1 Å². The highest BCUT2D eigenvalue weighted by atomic mass is 16.5. The number of hydrogen-bond donors (Lipinski definition) is 0. The van der Waals surface area contributed by atoms with E-state index < -0.39 is 0 Å². The molecule has 2 rings (SSSR count). The van der Waals surface area contributed by atoms with Crippen molar-refractivity contribution in [3.05, 3.63) is 47.4 Å². The van der Waals surface area contributed by atoms with Crippen molar-refractivity contribution in [2.24, 2.45) is 10.4 Å². The average Bonchev–Trinajstić information content (AvgIpc) is 2.61. The van der Waals surface area contributed by atoms with Gasteiger partial charge in [-0.3, -0.25) is 0 Å². The van der Waals surface area contributed by atoms with Crippen molar-refractivity contribution in [3.8, 4) is 11.6 Å². The SMILES string of the molecule is CCN(C)C=Nc1cc(C)c(Oc2ccnc(/C=C/C(C)(C)C)n2)cc1C. The minimum atomic E-state index is 0.0795. The molecule has 1 heterocycles. The lowest BCUT2D eigenvalue weighted by Crippen LogP contribution is -2.14. The Labute approximate surface area is 162 Å². The normalized spacial score (nSPS) is 12.1. The fraction of sp³-hybridized carbons (Fsp3) is 0.409. The third-order valence-corrected chi connectivity index (χ3v) is 3.98. The highest BCUT2D eigenvalue weighted by Crippen LogP contribution is 2.30. The summed E-state index contributed by atoms with van der Waals surface area (Å²) in [6.07, 6.45) is 7.57. The van der Waals surface area contributed by atoms with E-state index in [1.54, 1.807) is 12.3 Å². The molecule has 0 radical (unpaired) electrons. The Balaban J connectivity index is 2.22. The van der Waals surface area contributed by atoms with Crippen molar-refractivity contribution in [2.45, 2.75) is 41.5 Å². The predicted molar refractivity (Wildman–Crippen MR) is 113 cm³/mol. The number of hydrogen-bond acceptors (Lipinski definition) is 4. The summed E-state index contributed by atoms with van der Waals surface area (Å²) < 4.78 is 6.02. The second-order valence-corrected chi connectivity index (χ2v) is 7.78. The summed E-state index contributed by atoms with van der Waals surface area (Å²) >= 11 is 0. The smallest absolute Gasteiger partial charge is 0.222 e. The molecule has 5 nitrogen and oxygen atoms in total. The summed E-state index contributed by atoms with van der Waals surface area (Å²) in [5, 5.41) is 0. The molecule has 0 saturated carbocycles. The maximum absolute atomic E-state index is 6.02. The van der Waals surface area contributed by atoms with E-state index in [2.05, 4.69) is 48.7 Å². The number of nitrogens with zero attached hydrogens (tertiary/aromatic N) is 4. The zero-order valence-corrected chi connectivity index (χ0v) is 17.4. The first kappa shape index (κ1) is 20.6. The van der Waals surface area contributed by atoms with Crippen LogP contribution in [0.3, 0.4) is 0 Å². The standard InChI is InChI=1S/C22H30N4O/c1-8-26(7)15-24-18-13-17(3)19(14-16(18)2)27-21-10-12-23-20(25-21)9-11-22(4,5)6/h9-15H,8H2,1-7H3/b11-9+,24-15?. The Morgan fingerprint density at radius 3 is 2.59 bits per heavy atom. The molecule has 0 aliphatic rings. The summed E-state index contributed by atoms with van der Waals surface area (Å²) in [5.41, 5.74) is 3.09. The van der Waals surface area contributed by atoms with Crippen LogP contribution in [0, 0.1) is 19.3 Å². The fourth-order valence-corrected chi connectivity index (χ4v) is 2.20. The minimum absolute atomic E-state index is 0.0795. The molecule has 0 aliphatic heterocycles. The van der Waals surface area contributed by atoms with E-state index in [1.165, 1.54) is 0 Å². The topological polar surface area (TPSA) is 50.6 Å². The van der Waals surface area contributed by atoms with Gasteiger partial charge in [0.05, 0.1) is 12.0 Å². The molecule has 0 N–H and O–H groups in total. The Bertz CT molecular complexity index is 835. The van der Waals surface area contributed by atoms with Gasteiger partial charge in [-0.25, -0.2) is 9.98 Å². The lowest BCUT2D eigenvalue weighted by molar-refractivity contribution is 0.457. The third kappa shape index (κ3) is 6.51. The summed E-state index contributed by atoms with van der Waals surface area (Å²) in [6, 6.07) is 5.80. The van der Waals surface area contributed by atoms with E-state index in [4.69, 9.17) is 4.74 Å². The monoisotopic (exact) mass is 366 g/mol. The van der Waals surface area contributed by atoms with E-state index >= 15 is 0 Å². The molecule has 27 heavy (non-hydrogen) atoms. The van der Waals surface area contributed by atoms with Gasteiger partial charge in [-0.1, -0.05) is 26.8 Å². The van der Waals surface area contributed by atoms with Crippen LogP contribution >= 0.6 is 0 Å². The van der Waals surface area contributed by atoms with Crippen LogP contribution in [0.4, 0.5) is 5.69 Å². The molecule has 1 aromatic heterocycles. The van der Waals surface area contributed by atoms with Gasteiger partial charge in [-0.2, -0.15) is 4.98 Å². The third-order valence-electron chi connectivity index (χ3n) is 3.98. The molecule has 144 valence electrons. The van der Waals surface area contributed by atoms with Crippen LogP contribution in [-0.2, 0) is 0 Å². The molecule has 0 fully saturated rings. The number of aryl methyl sites for hydroxylation is 2. The van der Waals surface area contributed by atoms with Crippen LogP contribution in [0.1, 0.15) is 44.6 Å². The largest absolute Gasteiger partial charge is 0.439 e. The zero-order valence-electron chi connectivity index (χ0n) is 17.4. The lowest BCUT2D eigenvalue weighted by atomic mass is 9.96. The van der Waals surface area contributed by atoms with Gasteiger partial charge in [0.25, 0.3) is 0 Å². The first-order valence-electron chi connectivity index (χ1n) is 9.24. The average molecular weight is 367 g/mol. The summed E-state index contributed by atoms with van der Waals surface area (Å²) in [6.45, 7) is 13.5. The van der Waals surface area contributed by atoms with Gasteiger partial charge in [-0.15, -0.1) is 0 Å². The van der Waals surface area contributed by atoms with E-state index in [1.807, 2.05) is 50.3 Å². The molecular formula is C22H30N4O. The van der Waals surface area contributed by atoms with Crippen LogP contribution in [0.25, 0.3) is 6.08 Å². The highest BCUT2D eigenvalue weighted by Gasteiger charge is 2.09. The summed E-state index contributed by atoms with van der Waals surface area (Å²) in [7, 11) is 2.00. The van der Waals surface area contributed by atoms with Crippen LogP contribution < -0.4 is 4.74 Å². The fourth-order valence-electron chi connectivity index (χ4n) is 2.20. The van der Waals surface area contributed by atoms with E-state index in [0.717, 1.165) is 29.1 Å². The van der Waals surface area contributed by atoms with Gasteiger partial charge in [0, 0.05) is 25.9 Å². The maximum atomic E-state index is 6.02.